The first kappa shape index (κ1) is 23.0. The van der Waals surface area contributed by atoms with Crippen molar-refractivity contribution in [1.29, 1.82) is 0 Å². The molecule has 3 rings (SSSR count). The van der Waals surface area contributed by atoms with Crippen molar-refractivity contribution in [3.8, 4) is 0 Å². The SMILES string of the molecule is CCNC(=NCc1cccc(NC(=O)N2CCCC2)c1)NCc1ccc(C)cc1SC. The molecule has 2 amide bonds. The van der Waals surface area contributed by atoms with Gasteiger partial charge >= 0.3 is 6.03 Å². The van der Waals surface area contributed by atoms with E-state index in [1.807, 2.05) is 29.2 Å². The van der Waals surface area contributed by atoms with Crippen molar-refractivity contribution in [3.05, 3.63) is 59.2 Å². The zero-order chi connectivity index (χ0) is 22.1. The third-order valence-corrected chi connectivity index (χ3v) is 6.04. The Hall–Kier alpha value is -2.67. The van der Waals surface area contributed by atoms with Gasteiger partial charge in [0.1, 0.15) is 0 Å². The minimum absolute atomic E-state index is 0.0177. The van der Waals surface area contributed by atoms with Crippen LogP contribution in [0.5, 0.6) is 0 Å². The minimum Gasteiger partial charge on any atom is -0.357 e. The lowest BCUT2D eigenvalue weighted by Gasteiger charge is -2.16. The Labute approximate surface area is 189 Å². The number of thioether (sulfide) groups is 1. The van der Waals surface area contributed by atoms with Crippen LogP contribution < -0.4 is 16.0 Å². The molecule has 0 radical (unpaired) electrons. The van der Waals surface area contributed by atoms with Crippen molar-refractivity contribution < 1.29 is 4.79 Å². The number of carbonyl (C=O) groups excluding carboxylic acids is 1. The van der Waals surface area contributed by atoms with E-state index < -0.39 is 0 Å². The molecule has 3 N–H and O–H groups in total. The number of rotatable bonds is 7. The number of guanidine groups is 1. The lowest BCUT2D eigenvalue weighted by atomic mass is 10.1. The van der Waals surface area contributed by atoms with Gasteiger partial charge in [0.05, 0.1) is 6.54 Å². The van der Waals surface area contributed by atoms with Crippen LogP contribution in [-0.2, 0) is 13.1 Å². The first-order chi connectivity index (χ1) is 15.1. The van der Waals surface area contributed by atoms with E-state index >= 15 is 0 Å². The number of likely N-dealkylation sites (tertiary alicyclic amines) is 1. The molecule has 0 unspecified atom stereocenters. The molecule has 1 fully saturated rings. The molecule has 31 heavy (non-hydrogen) atoms. The average molecular weight is 440 g/mol. The van der Waals surface area contributed by atoms with E-state index in [4.69, 9.17) is 4.99 Å². The monoisotopic (exact) mass is 439 g/mol. The van der Waals surface area contributed by atoms with Crippen molar-refractivity contribution in [2.75, 3.05) is 31.2 Å². The molecule has 1 heterocycles. The quantitative estimate of drug-likeness (QED) is 0.335. The van der Waals surface area contributed by atoms with Crippen molar-refractivity contribution in [2.45, 2.75) is 44.7 Å². The number of anilines is 1. The Morgan fingerprint density at radius 1 is 1.13 bits per heavy atom. The number of amides is 2. The number of nitrogens with zero attached hydrogens (tertiary/aromatic N) is 2. The number of hydrogen-bond acceptors (Lipinski definition) is 3. The maximum Gasteiger partial charge on any atom is 0.321 e. The van der Waals surface area contributed by atoms with Crippen molar-refractivity contribution in [2.24, 2.45) is 4.99 Å². The molecular formula is C24H33N5OS. The van der Waals surface area contributed by atoms with Gasteiger partial charge in [-0.1, -0.05) is 24.3 Å². The summed E-state index contributed by atoms with van der Waals surface area (Å²) < 4.78 is 0. The van der Waals surface area contributed by atoms with Crippen LogP contribution in [0.2, 0.25) is 0 Å². The fraction of sp³-hybridized carbons (Fsp3) is 0.417. The largest absolute Gasteiger partial charge is 0.357 e. The zero-order valence-electron chi connectivity index (χ0n) is 18.7. The predicted molar refractivity (Wildman–Crippen MR) is 131 cm³/mol. The molecule has 0 spiro atoms. The Balaban J connectivity index is 1.61. The third-order valence-electron chi connectivity index (χ3n) is 5.22. The second-order valence-electron chi connectivity index (χ2n) is 7.69. The van der Waals surface area contributed by atoms with E-state index in [0.717, 1.165) is 49.7 Å². The van der Waals surface area contributed by atoms with E-state index in [0.29, 0.717) is 13.1 Å². The predicted octanol–water partition coefficient (Wildman–Crippen LogP) is 4.60. The molecule has 2 aromatic rings. The van der Waals surface area contributed by atoms with Crippen molar-refractivity contribution >= 4 is 29.4 Å². The topological polar surface area (TPSA) is 68.8 Å². The van der Waals surface area contributed by atoms with Gasteiger partial charge in [-0.05, 0) is 67.8 Å². The molecule has 0 aromatic heterocycles. The molecule has 7 heteroatoms. The average Bonchev–Trinajstić information content (AvgIpc) is 3.32. The Morgan fingerprint density at radius 2 is 1.94 bits per heavy atom. The van der Waals surface area contributed by atoms with Gasteiger partial charge in [-0.25, -0.2) is 9.79 Å². The normalized spacial score (nSPS) is 13.9. The van der Waals surface area contributed by atoms with Gasteiger partial charge in [0.15, 0.2) is 5.96 Å². The van der Waals surface area contributed by atoms with Crippen molar-refractivity contribution in [3.63, 3.8) is 0 Å². The van der Waals surface area contributed by atoms with E-state index in [2.05, 4.69) is 54.3 Å². The standard InChI is InChI=1S/C24H33N5OS/c1-4-25-23(27-17-20-11-10-18(2)14-22(20)31-3)26-16-19-8-7-9-21(15-19)28-24(30)29-12-5-6-13-29/h7-11,14-15H,4-6,12-13,16-17H2,1-3H3,(H,28,30)(H2,25,26,27). The molecular weight excluding hydrogens is 406 g/mol. The molecule has 2 aromatic carbocycles. The van der Waals surface area contributed by atoms with Gasteiger partial charge < -0.3 is 20.9 Å². The molecule has 0 bridgehead atoms. The number of aliphatic imine (C=N–C) groups is 1. The highest BCUT2D eigenvalue weighted by Crippen LogP contribution is 2.21. The van der Waals surface area contributed by atoms with E-state index in [1.165, 1.54) is 16.0 Å². The van der Waals surface area contributed by atoms with E-state index in [9.17, 15) is 4.79 Å². The summed E-state index contributed by atoms with van der Waals surface area (Å²) >= 11 is 1.76. The lowest BCUT2D eigenvalue weighted by Crippen LogP contribution is -2.36. The summed E-state index contributed by atoms with van der Waals surface area (Å²) in [7, 11) is 0. The Bertz CT molecular complexity index is 909. The van der Waals surface area contributed by atoms with E-state index in [-0.39, 0.29) is 6.03 Å². The summed E-state index contributed by atoms with van der Waals surface area (Å²) in [4.78, 5) is 20.2. The van der Waals surface area contributed by atoms with Gasteiger partial charge in [-0.15, -0.1) is 11.8 Å². The van der Waals surface area contributed by atoms with Crippen LogP contribution in [-0.4, -0.2) is 42.8 Å². The van der Waals surface area contributed by atoms with Gasteiger partial charge in [-0.2, -0.15) is 0 Å². The number of urea groups is 1. The number of carbonyl (C=O) groups is 1. The molecule has 0 saturated carbocycles. The molecule has 0 atom stereocenters. The van der Waals surface area contributed by atoms with E-state index in [1.54, 1.807) is 11.8 Å². The lowest BCUT2D eigenvalue weighted by molar-refractivity contribution is 0.222. The highest BCUT2D eigenvalue weighted by atomic mass is 32.2. The summed E-state index contributed by atoms with van der Waals surface area (Å²) in [6.45, 7) is 7.90. The Morgan fingerprint density at radius 3 is 2.68 bits per heavy atom. The minimum atomic E-state index is -0.0177. The smallest absolute Gasteiger partial charge is 0.321 e. The number of benzene rings is 2. The molecule has 1 aliphatic rings. The van der Waals surface area contributed by atoms with Gasteiger partial charge in [0.25, 0.3) is 0 Å². The van der Waals surface area contributed by atoms with Crippen LogP contribution >= 0.6 is 11.8 Å². The van der Waals surface area contributed by atoms with Crippen LogP contribution in [0.1, 0.15) is 36.5 Å². The zero-order valence-corrected chi connectivity index (χ0v) is 19.5. The third kappa shape index (κ3) is 6.92. The van der Waals surface area contributed by atoms with Crippen molar-refractivity contribution in [1.82, 2.24) is 15.5 Å². The highest BCUT2D eigenvalue weighted by Gasteiger charge is 2.17. The van der Waals surface area contributed by atoms with Gasteiger partial charge in [0, 0.05) is 36.8 Å². The molecule has 0 aliphatic carbocycles. The van der Waals surface area contributed by atoms with Crippen LogP contribution in [0.3, 0.4) is 0 Å². The maximum absolute atomic E-state index is 12.3. The second-order valence-corrected chi connectivity index (χ2v) is 8.54. The number of nitrogens with one attached hydrogen (secondary N) is 3. The number of hydrogen-bond donors (Lipinski definition) is 3. The maximum atomic E-state index is 12.3. The van der Waals surface area contributed by atoms with Crippen LogP contribution in [0.25, 0.3) is 0 Å². The highest BCUT2D eigenvalue weighted by molar-refractivity contribution is 7.98. The molecule has 6 nitrogen and oxygen atoms in total. The summed E-state index contributed by atoms with van der Waals surface area (Å²) in [5.41, 5.74) is 4.39. The van der Waals surface area contributed by atoms with Crippen LogP contribution in [0.15, 0.2) is 52.4 Å². The van der Waals surface area contributed by atoms with Crippen LogP contribution in [0.4, 0.5) is 10.5 Å². The molecule has 166 valence electrons. The summed E-state index contributed by atoms with van der Waals surface area (Å²) in [5.74, 6) is 0.779. The van der Waals surface area contributed by atoms with Crippen LogP contribution in [0, 0.1) is 6.92 Å². The summed E-state index contributed by atoms with van der Waals surface area (Å²) in [6, 6.07) is 14.4. The Kier molecular flexibility index (Phi) is 8.64. The fourth-order valence-corrected chi connectivity index (χ4v) is 4.27. The second kappa shape index (κ2) is 11.6. The fourth-order valence-electron chi connectivity index (χ4n) is 3.56. The first-order valence-corrected chi connectivity index (χ1v) is 12.1. The summed E-state index contributed by atoms with van der Waals surface area (Å²) in [6.07, 6.45) is 4.28. The summed E-state index contributed by atoms with van der Waals surface area (Å²) in [5, 5.41) is 9.75. The molecule has 1 aliphatic heterocycles. The van der Waals surface area contributed by atoms with Gasteiger partial charge in [0.2, 0.25) is 0 Å². The van der Waals surface area contributed by atoms with Gasteiger partial charge in [-0.3, -0.25) is 0 Å². The first-order valence-electron chi connectivity index (χ1n) is 10.9. The molecule has 1 saturated heterocycles. The number of aryl methyl sites for hydroxylation is 1.